The Morgan fingerprint density at radius 1 is 1.06 bits per heavy atom. The van der Waals surface area contributed by atoms with Crippen molar-refractivity contribution in [1.82, 2.24) is 0 Å². The van der Waals surface area contributed by atoms with Crippen LogP contribution in [0.4, 0.5) is 11.4 Å². The van der Waals surface area contributed by atoms with Crippen molar-refractivity contribution < 1.29 is 17.9 Å². The van der Waals surface area contributed by atoms with Gasteiger partial charge in [0, 0.05) is 15.6 Å². The Morgan fingerprint density at radius 3 is 2.35 bits per heavy atom. The number of amides is 1. The third kappa shape index (κ3) is 5.72. The predicted octanol–water partition coefficient (Wildman–Crippen LogP) is 4.90. The van der Waals surface area contributed by atoms with Gasteiger partial charge in [-0.25, -0.2) is 8.42 Å². The molecule has 9 heteroatoms. The molecule has 0 radical (unpaired) electrons. The Labute approximate surface area is 191 Å². The smallest absolute Gasteiger partial charge is 0.264 e. The van der Waals surface area contributed by atoms with E-state index in [1.807, 2.05) is 24.5 Å². The number of hydrogen-bond acceptors (Lipinski definition) is 5. The molecule has 0 aromatic heterocycles. The molecule has 0 aliphatic rings. The minimum Gasteiger partial charge on any atom is -0.497 e. The lowest BCUT2D eigenvalue weighted by atomic mass is 10.3. The molecule has 0 unspecified atom stereocenters. The zero-order chi connectivity index (χ0) is 22.4. The van der Waals surface area contributed by atoms with Crippen molar-refractivity contribution in [2.24, 2.45) is 0 Å². The number of thioether (sulfide) groups is 1. The van der Waals surface area contributed by atoms with Crippen molar-refractivity contribution in [2.45, 2.75) is 9.79 Å². The van der Waals surface area contributed by atoms with Crippen LogP contribution in [0.2, 0.25) is 5.02 Å². The van der Waals surface area contributed by atoms with E-state index in [4.69, 9.17) is 16.3 Å². The van der Waals surface area contributed by atoms with Crippen molar-refractivity contribution in [3.05, 3.63) is 77.8 Å². The summed E-state index contributed by atoms with van der Waals surface area (Å²) < 4.78 is 32.9. The average molecular weight is 477 g/mol. The van der Waals surface area contributed by atoms with Crippen LogP contribution < -0.4 is 14.4 Å². The molecule has 0 bridgehead atoms. The van der Waals surface area contributed by atoms with E-state index in [1.165, 1.54) is 19.2 Å². The van der Waals surface area contributed by atoms with E-state index in [0.29, 0.717) is 22.1 Å². The fourth-order valence-corrected chi connectivity index (χ4v) is 4.84. The minimum atomic E-state index is -4.02. The molecule has 3 rings (SSSR count). The van der Waals surface area contributed by atoms with Crippen LogP contribution in [0.25, 0.3) is 0 Å². The second-order valence-electron chi connectivity index (χ2n) is 6.44. The van der Waals surface area contributed by atoms with Crippen LogP contribution >= 0.6 is 23.4 Å². The molecular weight excluding hydrogens is 456 g/mol. The van der Waals surface area contributed by atoms with E-state index in [-0.39, 0.29) is 4.90 Å². The highest BCUT2D eigenvalue weighted by molar-refractivity contribution is 7.98. The summed E-state index contributed by atoms with van der Waals surface area (Å²) in [6.45, 7) is -0.403. The summed E-state index contributed by atoms with van der Waals surface area (Å²) in [5.74, 6) is 0.0636. The molecule has 1 N–H and O–H groups in total. The lowest BCUT2D eigenvalue weighted by molar-refractivity contribution is -0.114. The molecular formula is C22H21ClN2O4S2. The highest BCUT2D eigenvalue weighted by atomic mass is 35.5. The molecule has 0 spiro atoms. The molecule has 3 aromatic rings. The molecule has 0 heterocycles. The molecule has 0 fully saturated rings. The topological polar surface area (TPSA) is 75.7 Å². The molecule has 1 amide bonds. The summed E-state index contributed by atoms with van der Waals surface area (Å²) in [4.78, 5) is 13.8. The van der Waals surface area contributed by atoms with E-state index in [1.54, 1.807) is 54.2 Å². The maximum absolute atomic E-state index is 13.4. The highest BCUT2D eigenvalue weighted by Crippen LogP contribution is 2.27. The second-order valence-corrected chi connectivity index (χ2v) is 9.62. The Kier molecular flexibility index (Phi) is 7.48. The maximum atomic E-state index is 13.4. The maximum Gasteiger partial charge on any atom is 0.264 e. The van der Waals surface area contributed by atoms with Crippen LogP contribution in [-0.2, 0) is 14.8 Å². The fraction of sp³-hybridized carbons (Fsp3) is 0.136. The summed E-state index contributed by atoms with van der Waals surface area (Å²) in [5.41, 5.74) is 0.919. The largest absolute Gasteiger partial charge is 0.497 e. The molecule has 162 valence electrons. The zero-order valence-corrected chi connectivity index (χ0v) is 19.3. The van der Waals surface area contributed by atoms with Gasteiger partial charge in [-0.3, -0.25) is 9.10 Å². The monoisotopic (exact) mass is 476 g/mol. The third-order valence-corrected chi connectivity index (χ3v) is 7.17. The number of nitrogens with one attached hydrogen (secondary N) is 1. The molecule has 3 aromatic carbocycles. The quantitative estimate of drug-likeness (QED) is 0.468. The van der Waals surface area contributed by atoms with Crippen LogP contribution in [0.3, 0.4) is 0 Å². The summed E-state index contributed by atoms with van der Waals surface area (Å²) in [7, 11) is -2.52. The molecule has 0 saturated heterocycles. The fourth-order valence-electron chi connectivity index (χ4n) is 2.83. The van der Waals surface area contributed by atoms with E-state index >= 15 is 0 Å². The Bertz CT molecular complexity index is 1150. The van der Waals surface area contributed by atoms with Gasteiger partial charge < -0.3 is 10.1 Å². The Hall–Kier alpha value is -2.68. The Balaban J connectivity index is 1.92. The van der Waals surface area contributed by atoms with E-state index in [2.05, 4.69) is 5.32 Å². The first kappa shape index (κ1) is 23.0. The van der Waals surface area contributed by atoms with Gasteiger partial charge in [-0.15, -0.1) is 11.8 Å². The summed E-state index contributed by atoms with van der Waals surface area (Å²) >= 11 is 7.51. The number of nitrogens with zero attached hydrogens (tertiary/aromatic N) is 1. The lowest BCUT2D eigenvalue weighted by Crippen LogP contribution is -2.38. The van der Waals surface area contributed by atoms with Gasteiger partial charge in [0.25, 0.3) is 10.0 Å². The molecule has 6 nitrogen and oxygen atoms in total. The van der Waals surface area contributed by atoms with Gasteiger partial charge in [-0.1, -0.05) is 17.7 Å². The molecule has 0 aliphatic carbocycles. The van der Waals surface area contributed by atoms with Gasteiger partial charge in [0.2, 0.25) is 5.91 Å². The number of anilines is 2. The average Bonchev–Trinajstić information content (AvgIpc) is 2.78. The standard InChI is InChI=1S/C22H21ClN2O4S2/c1-29-19-10-12-21(13-11-19)31(27,28)25(18-8-6-16(23)7-9-18)15-22(26)24-17-4-3-5-20(14-17)30-2/h3-14H,15H2,1-2H3,(H,24,26). The predicted molar refractivity (Wildman–Crippen MR) is 126 cm³/mol. The van der Waals surface area contributed by atoms with E-state index < -0.39 is 22.5 Å². The number of benzene rings is 3. The molecule has 0 aliphatic heterocycles. The van der Waals surface area contributed by atoms with Crippen LogP contribution in [0.5, 0.6) is 5.75 Å². The summed E-state index contributed by atoms with van der Waals surface area (Å²) in [5, 5.41) is 3.23. The van der Waals surface area contributed by atoms with Crippen molar-refractivity contribution in [2.75, 3.05) is 29.5 Å². The zero-order valence-electron chi connectivity index (χ0n) is 16.9. The van der Waals surface area contributed by atoms with E-state index in [0.717, 1.165) is 9.20 Å². The van der Waals surface area contributed by atoms with Crippen molar-refractivity contribution in [3.8, 4) is 5.75 Å². The van der Waals surface area contributed by atoms with Gasteiger partial charge in [0.05, 0.1) is 17.7 Å². The van der Waals surface area contributed by atoms with Gasteiger partial charge >= 0.3 is 0 Å². The number of carbonyl (C=O) groups is 1. The number of hydrogen-bond donors (Lipinski definition) is 1. The van der Waals surface area contributed by atoms with E-state index in [9.17, 15) is 13.2 Å². The lowest BCUT2D eigenvalue weighted by Gasteiger charge is -2.24. The van der Waals surface area contributed by atoms with Gasteiger partial charge in [0.1, 0.15) is 12.3 Å². The summed E-state index contributed by atoms with van der Waals surface area (Å²) in [6, 6.07) is 19.6. The number of ether oxygens (including phenoxy) is 1. The summed E-state index contributed by atoms with van der Waals surface area (Å²) in [6.07, 6.45) is 1.94. The van der Waals surface area contributed by atoms with Crippen molar-refractivity contribution in [3.63, 3.8) is 0 Å². The number of rotatable bonds is 8. The SMILES string of the molecule is COc1ccc(S(=O)(=O)N(CC(=O)Nc2cccc(SC)c2)c2ccc(Cl)cc2)cc1. The minimum absolute atomic E-state index is 0.0421. The van der Waals surface area contributed by atoms with Crippen molar-refractivity contribution in [1.29, 1.82) is 0 Å². The highest BCUT2D eigenvalue weighted by Gasteiger charge is 2.27. The first-order chi connectivity index (χ1) is 14.8. The van der Waals surface area contributed by atoms with Crippen LogP contribution in [0.15, 0.2) is 82.6 Å². The van der Waals surface area contributed by atoms with Crippen LogP contribution in [-0.4, -0.2) is 34.2 Å². The third-order valence-electron chi connectivity index (χ3n) is 4.40. The Morgan fingerprint density at radius 2 is 1.74 bits per heavy atom. The van der Waals surface area contributed by atoms with Crippen molar-refractivity contribution >= 4 is 50.7 Å². The number of sulfonamides is 1. The molecule has 0 atom stereocenters. The van der Waals surface area contributed by atoms with Gasteiger partial charge in [-0.2, -0.15) is 0 Å². The normalized spacial score (nSPS) is 11.1. The van der Waals surface area contributed by atoms with Gasteiger partial charge in [-0.05, 0) is 73.0 Å². The number of carbonyl (C=O) groups excluding carboxylic acids is 1. The van der Waals surface area contributed by atoms with Crippen LogP contribution in [0.1, 0.15) is 0 Å². The second kappa shape index (κ2) is 10.1. The molecule has 0 saturated carbocycles. The number of methoxy groups -OCH3 is 1. The van der Waals surface area contributed by atoms with Crippen LogP contribution in [0, 0.1) is 0 Å². The first-order valence-electron chi connectivity index (χ1n) is 9.20. The first-order valence-corrected chi connectivity index (χ1v) is 12.2. The van der Waals surface area contributed by atoms with Gasteiger partial charge in [0.15, 0.2) is 0 Å². The molecule has 31 heavy (non-hydrogen) atoms. The number of halogens is 1.